The van der Waals surface area contributed by atoms with Crippen molar-refractivity contribution in [2.45, 2.75) is 10.6 Å². The number of halogens is 1. The summed E-state index contributed by atoms with van der Waals surface area (Å²) in [5.41, 5.74) is 1.24. The van der Waals surface area contributed by atoms with Gasteiger partial charge in [0.25, 0.3) is 0 Å². The van der Waals surface area contributed by atoms with Gasteiger partial charge in [-0.1, -0.05) is 41.0 Å². The second kappa shape index (κ2) is 5.03. The Balaban J connectivity index is 2.21. The van der Waals surface area contributed by atoms with Crippen molar-refractivity contribution < 1.29 is 5.11 Å². The van der Waals surface area contributed by atoms with Crippen molar-refractivity contribution in [3.8, 4) is 5.75 Å². The number of phenolic OH excluding ortho intramolecular Hbond substituents is 1. The molecule has 2 aromatic rings. The first kappa shape index (κ1) is 12.3. The smallest absolute Gasteiger partial charge is 0.115 e. The lowest BCUT2D eigenvalue weighted by Gasteiger charge is -2.28. The summed E-state index contributed by atoms with van der Waals surface area (Å²) in [6, 6.07) is 17.4. The van der Waals surface area contributed by atoms with Crippen LogP contribution in [0.15, 0.2) is 59.5 Å². The minimum atomic E-state index is -1.37. The third kappa shape index (κ3) is 3.18. The summed E-state index contributed by atoms with van der Waals surface area (Å²) in [5, 5.41) is 9.28. The Morgan fingerprint density at radius 1 is 1.00 bits per heavy atom. The molecular formula is C14H15ClOS. The lowest BCUT2D eigenvalue weighted by atomic mass is 10.2. The van der Waals surface area contributed by atoms with E-state index in [1.165, 1.54) is 5.56 Å². The lowest BCUT2D eigenvalue weighted by molar-refractivity contribution is 0.475. The molecule has 0 fully saturated rings. The van der Waals surface area contributed by atoms with Crippen LogP contribution in [0.25, 0.3) is 0 Å². The van der Waals surface area contributed by atoms with E-state index in [4.69, 9.17) is 10.7 Å². The summed E-state index contributed by atoms with van der Waals surface area (Å²) in [4.78, 5) is 1.10. The third-order valence-electron chi connectivity index (χ3n) is 2.61. The predicted octanol–water partition coefficient (Wildman–Crippen LogP) is 4.54. The van der Waals surface area contributed by atoms with E-state index >= 15 is 0 Å². The molecular weight excluding hydrogens is 252 g/mol. The maximum absolute atomic E-state index is 9.28. The van der Waals surface area contributed by atoms with Gasteiger partial charge in [-0.25, -0.2) is 0 Å². The summed E-state index contributed by atoms with van der Waals surface area (Å²) >= 11 is 0. The van der Waals surface area contributed by atoms with Gasteiger partial charge in [-0.15, -0.1) is 9.24 Å². The summed E-state index contributed by atoms with van der Waals surface area (Å²) in [6.07, 6.45) is 2.08. The monoisotopic (exact) mass is 266 g/mol. The van der Waals surface area contributed by atoms with E-state index in [9.17, 15) is 5.11 Å². The van der Waals surface area contributed by atoms with Crippen molar-refractivity contribution in [1.29, 1.82) is 0 Å². The van der Waals surface area contributed by atoms with Crippen molar-refractivity contribution in [2.75, 3.05) is 6.26 Å². The van der Waals surface area contributed by atoms with E-state index in [0.29, 0.717) is 0 Å². The molecule has 0 bridgehead atoms. The highest BCUT2D eigenvalue weighted by Gasteiger charge is 2.18. The fraction of sp³-hybridized carbons (Fsp3) is 0.143. The van der Waals surface area contributed by atoms with Crippen LogP contribution in [0.4, 0.5) is 0 Å². The Morgan fingerprint density at radius 2 is 1.59 bits per heavy atom. The van der Waals surface area contributed by atoms with Crippen molar-refractivity contribution in [1.82, 2.24) is 0 Å². The van der Waals surface area contributed by atoms with E-state index in [1.54, 1.807) is 12.1 Å². The van der Waals surface area contributed by atoms with Crippen LogP contribution in [-0.4, -0.2) is 11.4 Å². The Hall–Kier alpha value is -1.12. The van der Waals surface area contributed by atoms with E-state index in [0.717, 1.165) is 10.6 Å². The zero-order valence-corrected chi connectivity index (χ0v) is 11.2. The first-order valence-electron chi connectivity index (χ1n) is 5.36. The van der Waals surface area contributed by atoms with Crippen LogP contribution in [0.3, 0.4) is 0 Å². The van der Waals surface area contributed by atoms with Gasteiger partial charge in [0.15, 0.2) is 0 Å². The first-order valence-corrected chi connectivity index (χ1v) is 8.40. The molecule has 0 aliphatic heterocycles. The van der Waals surface area contributed by atoms with Crippen LogP contribution in [0.1, 0.15) is 5.56 Å². The SMILES string of the molecule is CS(Cl)(Cc1ccccc1)c1ccc(O)cc1. The molecule has 0 spiro atoms. The van der Waals surface area contributed by atoms with Gasteiger partial charge in [0.1, 0.15) is 5.75 Å². The average Bonchev–Trinajstić information content (AvgIpc) is 2.30. The topological polar surface area (TPSA) is 20.2 Å². The second-order valence-corrected chi connectivity index (χ2v) is 8.86. The van der Waals surface area contributed by atoms with Gasteiger partial charge in [-0.2, -0.15) is 0 Å². The molecule has 17 heavy (non-hydrogen) atoms. The van der Waals surface area contributed by atoms with Crippen molar-refractivity contribution in [3.63, 3.8) is 0 Å². The fourth-order valence-corrected chi connectivity index (χ4v) is 4.08. The summed E-state index contributed by atoms with van der Waals surface area (Å²) in [6.45, 7) is 0. The minimum Gasteiger partial charge on any atom is -0.508 e. The highest BCUT2D eigenvalue weighted by Crippen LogP contribution is 2.59. The number of hydrogen-bond acceptors (Lipinski definition) is 1. The van der Waals surface area contributed by atoms with Crippen molar-refractivity contribution >= 4 is 19.9 Å². The van der Waals surface area contributed by atoms with E-state index in [2.05, 4.69) is 18.4 Å². The molecule has 0 heterocycles. The molecule has 0 aromatic heterocycles. The van der Waals surface area contributed by atoms with Gasteiger partial charge in [0.2, 0.25) is 0 Å². The van der Waals surface area contributed by atoms with Crippen molar-refractivity contribution in [3.05, 3.63) is 60.2 Å². The summed E-state index contributed by atoms with van der Waals surface area (Å²) < 4.78 is 0. The number of aromatic hydroxyl groups is 1. The minimum absolute atomic E-state index is 0.278. The van der Waals surface area contributed by atoms with E-state index in [1.807, 2.05) is 30.3 Å². The van der Waals surface area contributed by atoms with Gasteiger partial charge < -0.3 is 5.11 Å². The molecule has 0 radical (unpaired) electrons. The Morgan fingerprint density at radius 3 is 2.18 bits per heavy atom. The summed E-state index contributed by atoms with van der Waals surface area (Å²) in [7, 11) is 5.28. The highest BCUT2D eigenvalue weighted by molar-refractivity contribution is 8.50. The number of hydrogen-bond donors (Lipinski definition) is 1. The third-order valence-corrected chi connectivity index (χ3v) is 5.60. The van der Waals surface area contributed by atoms with Crippen molar-refractivity contribution in [2.24, 2.45) is 0 Å². The number of rotatable bonds is 3. The predicted molar refractivity (Wildman–Crippen MR) is 75.9 cm³/mol. The molecule has 3 heteroatoms. The van der Waals surface area contributed by atoms with Crippen LogP contribution in [0.2, 0.25) is 0 Å². The molecule has 1 nitrogen and oxygen atoms in total. The molecule has 0 amide bonds. The van der Waals surface area contributed by atoms with Crippen LogP contribution in [0, 0.1) is 0 Å². The molecule has 0 saturated heterocycles. The lowest BCUT2D eigenvalue weighted by Crippen LogP contribution is -1.95. The Kier molecular flexibility index (Phi) is 3.65. The summed E-state index contributed by atoms with van der Waals surface area (Å²) in [5.74, 6) is 1.13. The normalized spacial score (nSPS) is 16.1. The molecule has 90 valence electrons. The molecule has 1 N–H and O–H groups in total. The van der Waals surface area contributed by atoms with Gasteiger partial charge in [0.05, 0.1) is 0 Å². The van der Waals surface area contributed by atoms with E-state index in [-0.39, 0.29) is 5.75 Å². The molecule has 0 aliphatic rings. The fourth-order valence-electron chi connectivity index (χ4n) is 1.70. The zero-order valence-electron chi connectivity index (χ0n) is 9.64. The van der Waals surface area contributed by atoms with Gasteiger partial charge in [-0.3, -0.25) is 0 Å². The molecule has 1 atom stereocenters. The largest absolute Gasteiger partial charge is 0.508 e. The molecule has 2 aromatic carbocycles. The maximum Gasteiger partial charge on any atom is 0.115 e. The highest BCUT2D eigenvalue weighted by atomic mass is 35.7. The van der Waals surface area contributed by atoms with Gasteiger partial charge in [0, 0.05) is 10.6 Å². The number of benzene rings is 2. The zero-order chi connectivity index (χ0) is 12.3. The molecule has 1 unspecified atom stereocenters. The van der Waals surface area contributed by atoms with Gasteiger partial charge >= 0.3 is 0 Å². The second-order valence-electron chi connectivity index (χ2n) is 4.10. The van der Waals surface area contributed by atoms with Crippen LogP contribution in [0.5, 0.6) is 5.75 Å². The average molecular weight is 267 g/mol. The number of phenols is 1. The standard InChI is InChI=1S/C14H15ClOS/c1-17(15,11-12-5-3-2-4-6-12)14-9-7-13(16)8-10-14/h2-10,16H,11H2,1H3. The van der Waals surface area contributed by atoms with Crippen LogP contribution < -0.4 is 0 Å². The Bertz CT molecular complexity index is 479. The van der Waals surface area contributed by atoms with Crippen LogP contribution >= 0.6 is 19.9 Å². The quantitative estimate of drug-likeness (QED) is 0.865. The van der Waals surface area contributed by atoms with Crippen LogP contribution in [-0.2, 0) is 5.75 Å². The Labute approximate surface area is 108 Å². The maximum atomic E-state index is 9.28. The molecule has 0 aliphatic carbocycles. The van der Waals surface area contributed by atoms with Gasteiger partial charge in [-0.05, 0) is 36.1 Å². The van der Waals surface area contributed by atoms with E-state index < -0.39 is 9.24 Å². The first-order chi connectivity index (χ1) is 8.08. The molecule has 2 rings (SSSR count). The molecule has 0 saturated carbocycles.